The molecule has 0 saturated carbocycles. The monoisotopic (exact) mass is 966 g/mol. The molecule has 0 fully saturated rings. The van der Waals surface area contributed by atoms with Crippen molar-refractivity contribution in [3.63, 3.8) is 0 Å². The average molecular weight is 966 g/mol. The van der Waals surface area contributed by atoms with Gasteiger partial charge in [-0.15, -0.1) is 0 Å². The Morgan fingerprint density at radius 3 is 1.16 bits per heavy atom. The van der Waals surface area contributed by atoms with E-state index in [1.165, 1.54) is 39.5 Å². The van der Waals surface area contributed by atoms with Crippen LogP contribution in [0.1, 0.15) is 52.7 Å². The van der Waals surface area contributed by atoms with E-state index in [1.54, 1.807) is 0 Å². The minimum absolute atomic E-state index is 0.0634. The molecule has 2 aromatic heterocycles. The molecule has 0 unspecified atom stereocenters. The first kappa shape index (κ1) is 44.8. The van der Waals surface area contributed by atoms with Gasteiger partial charge in [0, 0.05) is 0 Å². The van der Waals surface area contributed by atoms with Crippen molar-refractivity contribution in [1.82, 2.24) is 19.5 Å². The fourth-order valence-corrected chi connectivity index (χ4v) is 20.3. The molecule has 0 N–H and O–H groups in total. The molecule has 340 valence electrons. The van der Waals surface area contributed by atoms with Crippen LogP contribution in [-0.4, -0.2) is 32.8 Å². The van der Waals surface area contributed by atoms with Crippen molar-refractivity contribution in [1.29, 1.82) is 0 Å². The second-order valence-electron chi connectivity index (χ2n) is 20.5. The van der Waals surface area contributed by atoms with Gasteiger partial charge in [0.05, 0.1) is 0 Å². The van der Waals surface area contributed by atoms with Crippen LogP contribution < -0.4 is 17.6 Å². The molecule has 0 aliphatic heterocycles. The SMILES string of the molecule is CC(C)(C)c1ccc2c3ccc(C(C)(C)C)cc3n(-c3ccc(-c4ccc[c]([Ge]([c]5ccccc5)([c]5ccccc5)[c]5ccccc5)c4)cc3-c3nc(-c4ccccc4)nc(-c4ccccc4)n3)c2c1. The summed E-state index contributed by atoms with van der Waals surface area (Å²) in [6.07, 6.45) is 0. The van der Waals surface area contributed by atoms with Crippen molar-refractivity contribution < 1.29 is 0 Å². The van der Waals surface area contributed by atoms with Gasteiger partial charge in [-0.25, -0.2) is 0 Å². The van der Waals surface area contributed by atoms with Crippen molar-refractivity contribution in [3.05, 3.63) is 242 Å². The summed E-state index contributed by atoms with van der Waals surface area (Å²) in [4.78, 5) is 16.0. The van der Waals surface area contributed by atoms with Gasteiger partial charge in [0.1, 0.15) is 0 Å². The zero-order chi connectivity index (χ0) is 48.0. The third kappa shape index (κ3) is 8.16. The van der Waals surface area contributed by atoms with Gasteiger partial charge in [-0.05, 0) is 0 Å². The molecular formula is C65H56GeN4. The maximum absolute atomic E-state index is 5.43. The Bertz CT molecular complexity index is 3420. The number of aromatic nitrogens is 4. The maximum atomic E-state index is 5.43. The van der Waals surface area contributed by atoms with E-state index in [2.05, 4.69) is 240 Å². The molecule has 11 rings (SSSR count). The fraction of sp³-hybridized carbons (Fsp3) is 0.123. The summed E-state index contributed by atoms with van der Waals surface area (Å²) in [5.74, 6) is 1.86. The summed E-state index contributed by atoms with van der Waals surface area (Å²) in [5.41, 5.74) is 10.7. The molecule has 0 atom stereocenters. The van der Waals surface area contributed by atoms with E-state index in [9.17, 15) is 0 Å². The van der Waals surface area contributed by atoms with E-state index in [0.29, 0.717) is 17.5 Å². The predicted molar refractivity (Wildman–Crippen MR) is 297 cm³/mol. The molecule has 0 amide bonds. The van der Waals surface area contributed by atoms with E-state index in [1.807, 2.05) is 36.4 Å². The van der Waals surface area contributed by atoms with Crippen LogP contribution in [0.25, 0.3) is 72.8 Å². The van der Waals surface area contributed by atoms with Crippen LogP contribution in [0.15, 0.2) is 231 Å². The van der Waals surface area contributed by atoms with Crippen LogP contribution in [0.3, 0.4) is 0 Å². The van der Waals surface area contributed by atoms with Gasteiger partial charge in [-0.1, -0.05) is 53.7 Å². The number of rotatable bonds is 9. The molecule has 2 heterocycles. The Labute approximate surface area is 414 Å². The molecule has 70 heavy (non-hydrogen) atoms. The standard InChI is InChI=1S/C65H56GeN4/c1-64(2,3)49-36-38-55-56-39-37-50(65(4,5)6)44-60(56)70(59(55)43-49)58-40-35-48(42-57(58)63-68-61(45-23-12-7-13-24-45)67-62(69-63)46-25-14-8-15-26-46)47-27-22-34-54(41-47)66(51-28-16-9-17-29-51,52-30-18-10-19-31-52)53-32-20-11-21-33-53/h7-44H,1-6H3. The van der Waals surface area contributed by atoms with Crippen LogP contribution in [0, 0.1) is 0 Å². The van der Waals surface area contributed by atoms with Gasteiger partial charge in [-0.2, -0.15) is 0 Å². The number of hydrogen-bond acceptors (Lipinski definition) is 3. The molecule has 0 saturated heterocycles. The third-order valence-electron chi connectivity index (χ3n) is 13.9. The molecule has 4 nitrogen and oxygen atoms in total. The summed E-state index contributed by atoms with van der Waals surface area (Å²) >= 11 is -3.60. The number of nitrogens with zero attached hydrogens (tertiary/aromatic N) is 4. The Morgan fingerprint density at radius 2 is 0.714 bits per heavy atom. The molecule has 0 bridgehead atoms. The van der Waals surface area contributed by atoms with Crippen LogP contribution in [0.5, 0.6) is 0 Å². The molecule has 11 aromatic rings. The molecule has 5 heteroatoms. The third-order valence-corrected chi connectivity index (χ3v) is 23.9. The van der Waals surface area contributed by atoms with Crippen molar-refractivity contribution >= 4 is 52.7 Å². The quantitative estimate of drug-likeness (QED) is 0.135. The van der Waals surface area contributed by atoms with Gasteiger partial charge in [-0.3, -0.25) is 0 Å². The zero-order valence-electron chi connectivity index (χ0n) is 40.7. The summed E-state index contributed by atoms with van der Waals surface area (Å²) in [5, 5.41) is 2.42. The average Bonchev–Trinajstić information content (AvgIpc) is 3.73. The van der Waals surface area contributed by atoms with Crippen molar-refractivity contribution in [2.24, 2.45) is 0 Å². The Balaban J connectivity index is 1.22. The Kier molecular flexibility index (Phi) is 11.5. The number of benzene rings is 9. The summed E-state index contributed by atoms with van der Waals surface area (Å²) in [7, 11) is 0. The second kappa shape index (κ2) is 18.0. The summed E-state index contributed by atoms with van der Waals surface area (Å²) in [6.45, 7) is 13.8. The van der Waals surface area contributed by atoms with Crippen LogP contribution in [0.4, 0.5) is 0 Å². The first-order valence-corrected chi connectivity index (χ1v) is 28.5. The molecule has 0 aliphatic carbocycles. The zero-order valence-corrected chi connectivity index (χ0v) is 42.8. The fourth-order valence-electron chi connectivity index (χ4n) is 10.2. The van der Waals surface area contributed by atoms with Crippen LogP contribution in [-0.2, 0) is 10.8 Å². The van der Waals surface area contributed by atoms with Crippen molar-refractivity contribution in [2.75, 3.05) is 0 Å². The van der Waals surface area contributed by atoms with Gasteiger partial charge >= 0.3 is 363 Å². The summed E-state index contributed by atoms with van der Waals surface area (Å²) < 4.78 is 7.98. The van der Waals surface area contributed by atoms with E-state index in [-0.39, 0.29) is 10.8 Å². The van der Waals surface area contributed by atoms with E-state index in [4.69, 9.17) is 15.0 Å². The van der Waals surface area contributed by atoms with Crippen LogP contribution in [0.2, 0.25) is 0 Å². The van der Waals surface area contributed by atoms with Crippen LogP contribution >= 0.6 is 0 Å². The van der Waals surface area contributed by atoms with E-state index < -0.39 is 13.3 Å². The van der Waals surface area contributed by atoms with E-state index >= 15 is 0 Å². The second-order valence-corrected chi connectivity index (χ2v) is 28.5. The van der Waals surface area contributed by atoms with Gasteiger partial charge in [0.15, 0.2) is 0 Å². The van der Waals surface area contributed by atoms with Crippen molar-refractivity contribution in [3.8, 4) is 51.0 Å². The van der Waals surface area contributed by atoms with Gasteiger partial charge in [0.25, 0.3) is 0 Å². The van der Waals surface area contributed by atoms with Gasteiger partial charge < -0.3 is 0 Å². The Morgan fingerprint density at radius 1 is 0.329 bits per heavy atom. The summed E-state index contributed by atoms with van der Waals surface area (Å²) in [6, 6.07) is 84.5. The first-order valence-electron chi connectivity index (χ1n) is 24.4. The van der Waals surface area contributed by atoms with Gasteiger partial charge in [0.2, 0.25) is 0 Å². The van der Waals surface area contributed by atoms with E-state index in [0.717, 1.165) is 44.5 Å². The molecule has 0 radical (unpaired) electrons. The molecular weight excluding hydrogens is 909 g/mol. The molecule has 9 aromatic carbocycles. The molecule has 0 aliphatic rings. The first-order chi connectivity index (χ1) is 34.0. The molecule has 0 spiro atoms. The topological polar surface area (TPSA) is 43.6 Å². The minimum atomic E-state index is -3.60. The normalized spacial score (nSPS) is 12.1. The van der Waals surface area contributed by atoms with Crippen molar-refractivity contribution in [2.45, 2.75) is 52.4 Å². The Hall–Kier alpha value is -7.67. The predicted octanol–water partition coefficient (Wildman–Crippen LogP) is 13.6. The number of hydrogen-bond donors (Lipinski definition) is 0. The number of fused-ring (bicyclic) bond motifs is 3.